The molecule has 5 heterocycles. The minimum absolute atomic E-state index is 0. The van der Waals surface area contributed by atoms with Crippen molar-refractivity contribution in [3.8, 4) is 56.4 Å². The molecule has 0 bridgehead atoms. The van der Waals surface area contributed by atoms with E-state index in [9.17, 15) is 0 Å². The van der Waals surface area contributed by atoms with Gasteiger partial charge in [-0.25, -0.2) is 17.7 Å². The van der Waals surface area contributed by atoms with Crippen molar-refractivity contribution in [3.63, 3.8) is 0 Å². The van der Waals surface area contributed by atoms with E-state index in [1.807, 2.05) is 128 Å². The largest absolute Gasteiger partial charge is 3.00 e. The van der Waals surface area contributed by atoms with E-state index in [4.69, 9.17) is 9.97 Å². The van der Waals surface area contributed by atoms with Crippen molar-refractivity contribution in [1.29, 1.82) is 0 Å². The molecule has 6 nitrogen and oxygen atoms in total. The van der Waals surface area contributed by atoms with Crippen LogP contribution in [-0.4, -0.2) is 29.9 Å². The van der Waals surface area contributed by atoms with Crippen molar-refractivity contribution in [2.45, 2.75) is 0 Å². The second kappa shape index (κ2) is 29.5. The van der Waals surface area contributed by atoms with Gasteiger partial charge in [0.2, 0.25) is 0 Å². The van der Waals surface area contributed by atoms with Crippen LogP contribution in [0, 0.1) is 36.4 Å². The molecular formula is C78H50Ir2N6. The molecule has 12 aromatic rings. The molecule has 0 amide bonds. The van der Waals surface area contributed by atoms with E-state index in [-0.39, 0.29) is 40.2 Å². The zero-order chi connectivity index (χ0) is 56.5. The van der Waals surface area contributed by atoms with Crippen LogP contribution >= 0.6 is 0 Å². The van der Waals surface area contributed by atoms with Gasteiger partial charge in [0, 0.05) is 42.7 Å². The summed E-state index contributed by atoms with van der Waals surface area (Å²) in [4.78, 5) is 27.3. The molecule has 0 unspecified atom stereocenters. The fourth-order valence-electron chi connectivity index (χ4n) is 9.20. The Morgan fingerprint density at radius 1 is 0.233 bits per heavy atom. The number of pyridine rings is 4. The standard InChI is InChI=1S/C78H50N6.2Ir/c1-5-45-79-74(9-1)69-35-25-57(26-36-69)13-18-62-49-63(19-14-58-27-37-70(38-28-58)75-10-2-6-46-80-75)51-64(50-62)22-17-61-33-43-73(44-34-61)78-83-55-68(56-84-78)24-23-67-53-65(20-15-59-29-39-71(40-30-59)76-11-3-7-47-81-76)52-66(54-67)21-16-60-31-41-72(42-32-60)77-12-4-8-48-82-77;;/h1-35,37,39,41,45-56H;;/q-6;2*+3/b18-13-,19-14?,20-15-,21-16-,22-17-,24-23-;;. The van der Waals surface area contributed by atoms with Gasteiger partial charge in [-0.3, -0.25) is 12.1 Å². The zero-order valence-electron chi connectivity index (χ0n) is 46.2. The second-order valence-electron chi connectivity index (χ2n) is 19.7. The van der Waals surface area contributed by atoms with Crippen LogP contribution in [0.3, 0.4) is 0 Å². The van der Waals surface area contributed by atoms with Crippen LogP contribution in [0.25, 0.3) is 129 Å². The van der Waals surface area contributed by atoms with E-state index in [1.165, 1.54) is 0 Å². The first-order valence-electron chi connectivity index (χ1n) is 27.4. The Morgan fingerprint density at radius 3 is 0.744 bits per heavy atom. The third kappa shape index (κ3) is 16.2. The molecule has 410 valence electrons. The summed E-state index contributed by atoms with van der Waals surface area (Å²) in [6, 6.07) is 85.3. The number of nitrogens with zero attached hydrogens (tertiary/aromatic N) is 6. The predicted molar refractivity (Wildman–Crippen MR) is 346 cm³/mol. The number of benzene rings is 7. The summed E-state index contributed by atoms with van der Waals surface area (Å²) < 4.78 is 0. The number of aromatic nitrogens is 6. The minimum atomic E-state index is 0. The van der Waals surface area contributed by atoms with Gasteiger partial charge in [-0.05, 0) is 123 Å². The predicted octanol–water partition coefficient (Wildman–Crippen LogP) is 18.2. The van der Waals surface area contributed by atoms with Gasteiger partial charge in [0.25, 0.3) is 0 Å². The number of rotatable bonds is 17. The van der Waals surface area contributed by atoms with Gasteiger partial charge >= 0.3 is 40.2 Å². The summed E-state index contributed by atoms with van der Waals surface area (Å²) in [5.74, 6) is 0.543. The Hall–Kier alpha value is -10.0. The van der Waals surface area contributed by atoms with Crippen LogP contribution in [-0.2, 0) is 40.2 Å². The first-order chi connectivity index (χ1) is 41.5. The fraction of sp³-hybridized carbons (Fsp3) is 0. The molecule has 0 fully saturated rings. The van der Waals surface area contributed by atoms with Crippen molar-refractivity contribution in [2.75, 3.05) is 0 Å². The average Bonchev–Trinajstić information content (AvgIpc) is 3.62. The smallest absolute Gasteiger partial charge is 0.333 e. The van der Waals surface area contributed by atoms with E-state index < -0.39 is 0 Å². The maximum absolute atomic E-state index is 4.73. The number of hydrogen-bond donors (Lipinski definition) is 0. The van der Waals surface area contributed by atoms with Gasteiger partial charge in [-0.1, -0.05) is 115 Å². The van der Waals surface area contributed by atoms with Crippen molar-refractivity contribution in [1.82, 2.24) is 29.9 Å². The van der Waals surface area contributed by atoms with Crippen LogP contribution < -0.4 is 0 Å². The molecule has 5 aromatic heterocycles. The van der Waals surface area contributed by atoms with Crippen LogP contribution in [0.15, 0.2) is 231 Å². The van der Waals surface area contributed by atoms with E-state index in [0.29, 0.717) is 11.4 Å². The molecule has 12 rings (SSSR count). The summed E-state index contributed by atoms with van der Waals surface area (Å²) in [6.45, 7) is 0. The van der Waals surface area contributed by atoms with Crippen LogP contribution in [0.1, 0.15) is 66.8 Å². The first-order valence-corrected chi connectivity index (χ1v) is 27.4. The third-order valence-electron chi connectivity index (χ3n) is 13.6. The van der Waals surface area contributed by atoms with Crippen molar-refractivity contribution in [2.24, 2.45) is 0 Å². The van der Waals surface area contributed by atoms with Gasteiger partial charge in [-0.2, -0.15) is 5.56 Å². The van der Waals surface area contributed by atoms with Gasteiger partial charge in [0.05, 0.1) is 0 Å². The Morgan fingerprint density at radius 2 is 0.488 bits per heavy atom. The van der Waals surface area contributed by atoms with Crippen molar-refractivity contribution >= 4 is 72.9 Å². The number of hydrogen-bond acceptors (Lipinski definition) is 6. The van der Waals surface area contributed by atoms with Crippen LogP contribution in [0.4, 0.5) is 0 Å². The van der Waals surface area contributed by atoms with Crippen molar-refractivity contribution in [3.05, 3.63) is 334 Å². The SMILES string of the molecule is [Ir+3].[Ir+3].[c-]1cc(/C=C\c2cc(C=Cc3c[c-]c(-c4ccccn4)cc3)cc(/C=C\c3c[c-]c(-c4ccccn4)cc3)c2)c[c-]c1-c1ncc(/C=C\c2cc(/C=C\c3c[c-]c(-c4ccccn4)cc3)cc(/C=C\c3c[c-]c(-c4ccccn4)cc3)c2)cn1. The molecule has 0 aliphatic rings. The molecule has 0 aliphatic carbocycles. The van der Waals surface area contributed by atoms with Gasteiger partial charge < -0.3 is 29.9 Å². The van der Waals surface area contributed by atoms with Gasteiger partial charge in [0.1, 0.15) is 0 Å². The summed E-state index contributed by atoms with van der Waals surface area (Å²) in [5, 5.41) is 0. The topological polar surface area (TPSA) is 77.3 Å². The Bertz CT molecular complexity index is 3810. The quantitative estimate of drug-likeness (QED) is 0.0668. The first kappa shape index (κ1) is 59.1. The monoisotopic (exact) mass is 1460 g/mol. The summed E-state index contributed by atoms with van der Waals surface area (Å²) >= 11 is 0. The molecule has 7 aromatic carbocycles. The maximum atomic E-state index is 4.73. The zero-order valence-corrected chi connectivity index (χ0v) is 51.0. The second-order valence-corrected chi connectivity index (χ2v) is 19.7. The molecule has 8 heteroatoms. The van der Waals surface area contributed by atoms with Crippen LogP contribution in [0.5, 0.6) is 0 Å². The van der Waals surface area contributed by atoms with Crippen LogP contribution in [0.2, 0.25) is 0 Å². The molecule has 0 atom stereocenters. The van der Waals surface area contributed by atoms with Gasteiger partial charge in [-0.15, -0.1) is 148 Å². The van der Waals surface area contributed by atoms with E-state index in [1.54, 1.807) is 24.8 Å². The van der Waals surface area contributed by atoms with Gasteiger partial charge in [0.15, 0.2) is 0 Å². The third-order valence-corrected chi connectivity index (χ3v) is 13.6. The summed E-state index contributed by atoms with van der Waals surface area (Å²) in [6.07, 6.45) is 36.1. The molecule has 0 saturated carbocycles. The molecule has 0 N–H and O–H groups in total. The average molecular weight is 1460 g/mol. The van der Waals surface area contributed by atoms with E-state index in [2.05, 4.69) is 208 Å². The van der Waals surface area contributed by atoms with E-state index >= 15 is 0 Å². The molecule has 0 radical (unpaired) electrons. The molecule has 0 spiro atoms. The summed E-state index contributed by atoms with van der Waals surface area (Å²) in [5.41, 5.74) is 20.3. The minimum Gasteiger partial charge on any atom is -0.333 e. The maximum Gasteiger partial charge on any atom is 3.00 e. The fourth-order valence-corrected chi connectivity index (χ4v) is 9.20. The van der Waals surface area contributed by atoms with E-state index in [0.717, 1.165) is 112 Å². The Balaban J connectivity index is 0.00000410. The Labute approximate surface area is 530 Å². The normalized spacial score (nSPS) is 11.5. The Kier molecular flexibility index (Phi) is 20.3. The van der Waals surface area contributed by atoms with Crippen molar-refractivity contribution < 1.29 is 40.2 Å². The molecule has 0 aliphatic heterocycles. The summed E-state index contributed by atoms with van der Waals surface area (Å²) in [7, 11) is 0. The molecular weight excluding hydrogens is 1410 g/mol. The molecule has 86 heavy (non-hydrogen) atoms. The molecule has 0 saturated heterocycles.